The first-order valence-electron chi connectivity index (χ1n) is 6.34. The van der Waals surface area contributed by atoms with Crippen molar-refractivity contribution in [1.29, 1.82) is 0 Å². The van der Waals surface area contributed by atoms with Crippen molar-refractivity contribution < 1.29 is 19.8 Å². The topological polar surface area (TPSA) is 74.6 Å². The maximum Gasteiger partial charge on any atom is 0.310 e. The van der Waals surface area contributed by atoms with Gasteiger partial charge in [-0.2, -0.15) is 0 Å². The quantitative estimate of drug-likeness (QED) is 0.877. The molecule has 104 valence electrons. The molecule has 2 N–H and O–H groups in total. The predicted octanol–water partition coefficient (Wildman–Crippen LogP) is 2.95. The van der Waals surface area contributed by atoms with E-state index >= 15 is 0 Å². The van der Waals surface area contributed by atoms with Crippen molar-refractivity contribution in [2.24, 2.45) is 5.41 Å². The summed E-state index contributed by atoms with van der Waals surface area (Å²) in [5.74, 6) is -2.19. The lowest BCUT2D eigenvalue weighted by atomic mass is 9.79. The molecule has 0 spiro atoms. The summed E-state index contributed by atoms with van der Waals surface area (Å²) in [6.45, 7) is 1.48. The van der Waals surface area contributed by atoms with Crippen molar-refractivity contribution in [2.45, 2.75) is 19.8 Å². The van der Waals surface area contributed by atoms with Gasteiger partial charge in [-0.3, -0.25) is 9.59 Å². The molecule has 0 aliphatic carbocycles. The molecule has 0 aromatic heterocycles. The number of carboxylic acid groups (broad SMARTS) is 2. The van der Waals surface area contributed by atoms with Crippen LogP contribution in [0.1, 0.15) is 18.9 Å². The first-order valence-corrected chi connectivity index (χ1v) is 6.34. The maximum absolute atomic E-state index is 11.4. The average molecular weight is 272 g/mol. The molecular weight excluding hydrogens is 256 g/mol. The number of hydrogen-bond donors (Lipinski definition) is 2. The second kappa shape index (κ2) is 5.33. The third kappa shape index (κ3) is 2.79. The van der Waals surface area contributed by atoms with Crippen molar-refractivity contribution >= 4 is 22.7 Å². The zero-order valence-electron chi connectivity index (χ0n) is 11.2. The second-order valence-corrected chi connectivity index (χ2v) is 5.25. The van der Waals surface area contributed by atoms with Crippen molar-refractivity contribution in [2.75, 3.05) is 0 Å². The summed E-state index contributed by atoms with van der Waals surface area (Å²) in [5.41, 5.74) is -0.454. The summed E-state index contributed by atoms with van der Waals surface area (Å²) < 4.78 is 0. The molecule has 0 unspecified atom stereocenters. The highest BCUT2D eigenvalue weighted by Crippen LogP contribution is 2.30. The zero-order chi connectivity index (χ0) is 14.8. The minimum atomic E-state index is -1.31. The average Bonchev–Trinajstić information content (AvgIpc) is 2.38. The van der Waals surface area contributed by atoms with Crippen LogP contribution in [0.4, 0.5) is 0 Å². The molecule has 2 aromatic rings. The van der Waals surface area contributed by atoms with E-state index in [1.165, 1.54) is 6.92 Å². The Morgan fingerprint density at radius 1 is 1.05 bits per heavy atom. The van der Waals surface area contributed by atoms with E-state index in [0.717, 1.165) is 16.3 Å². The lowest BCUT2D eigenvalue weighted by molar-refractivity contribution is -0.154. The summed E-state index contributed by atoms with van der Waals surface area (Å²) in [6, 6.07) is 13.4. The van der Waals surface area contributed by atoms with Crippen molar-refractivity contribution in [3.63, 3.8) is 0 Å². The molecule has 20 heavy (non-hydrogen) atoms. The molecule has 2 rings (SSSR count). The Morgan fingerprint density at radius 3 is 2.35 bits per heavy atom. The van der Waals surface area contributed by atoms with E-state index in [0.29, 0.717) is 0 Å². The van der Waals surface area contributed by atoms with Gasteiger partial charge in [0.05, 0.1) is 11.8 Å². The fraction of sp³-hybridized carbons (Fsp3) is 0.250. The molecule has 0 saturated carbocycles. The smallest absolute Gasteiger partial charge is 0.310 e. The normalized spacial score (nSPS) is 13.8. The van der Waals surface area contributed by atoms with Gasteiger partial charge in [-0.15, -0.1) is 0 Å². The molecule has 0 fully saturated rings. The summed E-state index contributed by atoms with van der Waals surface area (Å²) >= 11 is 0. The lowest BCUT2D eigenvalue weighted by Gasteiger charge is -2.23. The fourth-order valence-electron chi connectivity index (χ4n) is 2.41. The van der Waals surface area contributed by atoms with E-state index in [1.807, 2.05) is 42.5 Å². The number of fused-ring (bicyclic) bond motifs is 1. The Bertz CT molecular complexity index is 657. The van der Waals surface area contributed by atoms with E-state index in [1.54, 1.807) is 0 Å². The number of rotatable bonds is 5. The molecule has 0 bridgehead atoms. The molecule has 0 radical (unpaired) electrons. The van der Waals surface area contributed by atoms with Gasteiger partial charge in [0.15, 0.2) is 0 Å². The van der Waals surface area contributed by atoms with Gasteiger partial charge in [0, 0.05) is 0 Å². The Balaban J connectivity index is 2.44. The first-order chi connectivity index (χ1) is 9.42. The molecule has 0 amide bonds. The van der Waals surface area contributed by atoms with Gasteiger partial charge in [0.1, 0.15) is 0 Å². The Morgan fingerprint density at radius 2 is 1.70 bits per heavy atom. The van der Waals surface area contributed by atoms with E-state index in [9.17, 15) is 14.7 Å². The summed E-state index contributed by atoms with van der Waals surface area (Å²) in [5, 5.41) is 20.3. The minimum absolute atomic E-state index is 0.190. The molecule has 2 aromatic carbocycles. The van der Waals surface area contributed by atoms with Crippen molar-refractivity contribution in [3.05, 3.63) is 48.0 Å². The Kier molecular flexibility index (Phi) is 3.74. The summed E-state index contributed by atoms with van der Waals surface area (Å²) in [6.07, 6.45) is -0.207. The van der Waals surface area contributed by atoms with Crippen LogP contribution in [-0.2, 0) is 16.0 Å². The van der Waals surface area contributed by atoms with Gasteiger partial charge in [-0.25, -0.2) is 0 Å². The molecule has 4 nitrogen and oxygen atoms in total. The van der Waals surface area contributed by atoms with E-state index in [2.05, 4.69) is 0 Å². The highest BCUT2D eigenvalue weighted by Gasteiger charge is 2.36. The van der Waals surface area contributed by atoms with Crippen LogP contribution in [0.3, 0.4) is 0 Å². The molecular formula is C16H16O4. The van der Waals surface area contributed by atoms with Crippen LogP contribution < -0.4 is 0 Å². The summed E-state index contributed by atoms with van der Waals surface area (Å²) in [4.78, 5) is 22.3. The van der Waals surface area contributed by atoms with Crippen LogP contribution in [0.5, 0.6) is 0 Å². The van der Waals surface area contributed by atoms with Gasteiger partial charge in [-0.05, 0) is 29.7 Å². The highest BCUT2D eigenvalue weighted by atomic mass is 16.4. The van der Waals surface area contributed by atoms with Gasteiger partial charge >= 0.3 is 11.9 Å². The number of benzene rings is 2. The largest absolute Gasteiger partial charge is 0.481 e. The molecule has 0 aliphatic rings. The van der Waals surface area contributed by atoms with Crippen molar-refractivity contribution in [3.8, 4) is 0 Å². The number of hydrogen-bond acceptors (Lipinski definition) is 2. The molecule has 0 heterocycles. The molecule has 0 saturated heterocycles. The minimum Gasteiger partial charge on any atom is -0.481 e. The van der Waals surface area contributed by atoms with Gasteiger partial charge < -0.3 is 10.2 Å². The maximum atomic E-state index is 11.4. The van der Waals surface area contributed by atoms with E-state index in [-0.39, 0.29) is 6.42 Å². The predicted molar refractivity (Wildman–Crippen MR) is 75.6 cm³/mol. The third-order valence-corrected chi connectivity index (χ3v) is 3.52. The Hall–Kier alpha value is -2.36. The van der Waals surface area contributed by atoms with Crippen molar-refractivity contribution in [1.82, 2.24) is 0 Å². The van der Waals surface area contributed by atoms with Crippen LogP contribution in [-0.4, -0.2) is 22.2 Å². The highest BCUT2D eigenvalue weighted by molar-refractivity contribution is 5.87. The van der Waals surface area contributed by atoms with Crippen LogP contribution in [0.2, 0.25) is 0 Å². The van der Waals surface area contributed by atoms with E-state index < -0.39 is 23.8 Å². The van der Waals surface area contributed by atoms with Gasteiger partial charge in [0.2, 0.25) is 0 Å². The second-order valence-electron chi connectivity index (χ2n) is 5.25. The number of carbonyl (C=O) groups is 2. The first kappa shape index (κ1) is 14.1. The lowest BCUT2D eigenvalue weighted by Crippen LogP contribution is -2.32. The van der Waals surface area contributed by atoms with Crippen LogP contribution >= 0.6 is 0 Å². The van der Waals surface area contributed by atoms with E-state index in [4.69, 9.17) is 5.11 Å². The van der Waals surface area contributed by atoms with Crippen LogP contribution in [0.25, 0.3) is 10.8 Å². The van der Waals surface area contributed by atoms with Crippen LogP contribution in [0.15, 0.2) is 42.5 Å². The number of aliphatic carboxylic acids is 2. The van der Waals surface area contributed by atoms with Crippen LogP contribution in [0, 0.1) is 5.41 Å². The molecule has 1 atom stereocenters. The summed E-state index contributed by atoms with van der Waals surface area (Å²) in [7, 11) is 0. The fourth-order valence-corrected chi connectivity index (χ4v) is 2.41. The molecule has 0 aliphatic heterocycles. The third-order valence-electron chi connectivity index (χ3n) is 3.52. The monoisotopic (exact) mass is 272 g/mol. The Labute approximate surface area is 116 Å². The zero-order valence-corrected chi connectivity index (χ0v) is 11.2. The number of carboxylic acids is 2. The molecule has 4 heteroatoms. The SMILES string of the molecule is C[C@](CC(=O)O)(Cc1cccc2ccccc12)C(=O)O. The van der Waals surface area contributed by atoms with Gasteiger partial charge in [-0.1, -0.05) is 42.5 Å². The van der Waals surface area contributed by atoms with Gasteiger partial charge in [0.25, 0.3) is 0 Å². The standard InChI is InChI=1S/C16H16O4/c1-16(15(19)20,10-14(17)18)9-12-7-4-6-11-5-2-3-8-13(11)12/h2-8H,9-10H2,1H3,(H,17,18)(H,19,20)/t16-/m1/s1.